The maximum Gasteiger partial charge on any atom is 0.347 e. The predicted octanol–water partition coefficient (Wildman–Crippen LogP) is 3.52. The number of aromatic amines is 1. The van der Waals surface area contributed by atoms with Gasteiger partial charge in [-0.05, 0) is 46.0 Å². The summed E-state index contributed by atoms with van der Waals surface area (Å²) in [6.07, 6.45) is 7.40. The number of nitrogens with one attached hydrogen (secondary N) is 1. The third kappa shape index (κ3) is 4.15. The fourth-order valence-corrected chi connectivity index (χ4v) is 3.20. The SMILES string of the molecule is CCOC(=O)c1c(OC2CCCCCC2)c(CC)c(C)[nH]c1=O. The molecule has 0 unspecified atom stereocenters. The highest BCUT2D eigenvalue weighted by atomic mass is 16.5. The molecule has 5 nitrogen and oxygen atoms in total. The van der Waals surface area contributed by atoms with Gasteiger partial charge >= 0.3 is 5.97 Å². The van der Waals surface area contributed by atoms with Crippen molar-refractivity contribution in [3.05, 3.63) is 27.2 Å². The lowest BCUT2D eigenvalue weighted by Crippen LogP contribution is -2.26. The Morgan fingerprint density at radius 3 is 2.39 bits per heavy atom. The highest BCUT2D eigenvalue weighted by Crippen LogP contribution is 2.29. The molecule has 0 saturated heterocycles. The smallest absolute Gasteiger partial charge is 0.347 e. The molecule has 0 atom stereocenters. The Morgan fingerprint density at radius 1 is 1.17 bits per heavy atom. The first-order valence-electron chi connectivity index (χ1n) is 8.68. The maximum absolute atomic E-state index is 12.3. The van der Waals surface area contributed by atoms with Crippen LogP contribution < -0.4 is 10.3 Å². The van der Waals surface area contributed by atoms with Crippen LogP contribution >= 0.6 is 0 Å². The van der Waals surface area contributed by atoms with Crippen LogP contribution in [0.2, 0.25) is 0 Å². The number of carbonyl (C=O) groups is 1. The average Bonchev–Trinajstić information content (AvgIpc) is 2.76. The van der Waals surface area contributed by atoms with Crippen LogP contribution in [0.4, 0.5) is 0 Å². The number of hydrogen-bond acceptors (Lipinski definition) is 4. The van der Waals surface area contributed by atoms with Crippen molar-refractivity contribution in [2.24, 2.45) is 0 Å². The van der Waals surface area contributed by atoms with Gasteiger partial charge in [-0.2, -0.15) is 0 Å². The lowest BCUT2D eigenvalue weighted by atomic mass is 10.1. The van der Waals surface area contributed by atoms with E-state index in [0.29, 0.717) is 12.2 Å². The molecule has 1 aromatic heterocycles. The number of pyridine rings is 1. The van der Waals surface area contributed by atoms with Gasteiger partial charge in [0.1, 0.15) is 5.75 Å². The van der Waals surface area contributed by atoms with Gasteiger partial charge in [-0.15, -0.1) is 0 Å². The van der Waals surface area contributed by atoms with Crippen LogP contribution in [0, 0.1) is 6.92 Å². The van der Waals surface area contributed by atoms with Crippen LogP contribution in [-0.4, -0.2) is 23.7 Å². The van der Waals surface area contributed by atoms with Gasteiger partial charge in [-0.1, -0.05) is 19.8 Å². The van der Waals surface area contributed by atoms with Crippen LogP contribution in [-0.2, 0) is 11.2 Å². The maximum atomic E-state index is 12.3. The molecule has 0 spiro atoms. The second kappa shape index (κ2) is 8.18. The normalized spacial score (nSPS) is 16.0. The van der Waals surface area contributed by atoms with E-state index in [0.717, 1.165) is 36.9 Å². The minimum Gasteiger partial charge on any atom is -0.489 e. The van der Waals surface area contributed by atoms with Crippen LogP contribution in [0.3, 0.4) is 0 Å². The Bertz CT molecular complexity index is 598. The van der Waals surface area contributed by atoms with E-state index >= 15 is 0 Å². The summed E-state index contributed by atoms with van der Waals surface area (Å²) in [5.74, 6) is -0.175. The predicted molar refractivity (Wildman–Crippen MR) is 89.3 cm³/mol. The Kier molecular flexibility index (Phi) is 6.25. The Hall–Kier alpha value is -1.78. The molecular weight excluding hydrogens is 294 g/mol. The first kappa shape index (κ1) is 17.6. The highest BCUT2D eigenvalue weighted by Gasteiger charge is 2.26. The van der Waals surface area contributed by atoms with Crippen molar-refractivity contribution in [2.45, 2.75) is 71.8 Å². The molecule has 1 aliphatic carbocycles. The summed E-state index contributed by atoms with van der Waals surface area (Å²) in [5, 5.41) is 0. The van der Waals surface area contributed by atoms with E-state index in [1.807, 2.05) is 13.8 Å². The molecule has 0 amide bonds. The molecule has 1 heterocycles. The quantitative estimate of drug-likeness (QED) is 0.665. The fourth-order valence-electron chi connectivity index (χ4n) is 3.20. The summed E-state index contributed by atoms with van der Waals surface area (Å²) in [4.78, 5) is 27.3. The first-order valence-corrected chi connectivity index (χ1v) is 8.68. The van der Waals surface area contributed by atoms with Crippen molar-refractivity contribution in [1.82, 2.24) is 4.98 Å². The van der Waals surface area contributed by atoms with E-state index in [4.69, 9.17) is 9.47 Å². The standard InChI is InChI=1S/C18H27NO4/c1-4-14-12(3)19-17(20)15(18(21)22-5-2)16(14)23-13-10-8-6-7-9-11-13/h13H,4-11H2,1-3H3,(H,19,20). The van der Waals surface area contributed by atoms with Gasteiger partial charge in [0.2, 0.25) is 0 Å². The van der Waals surface area contributed by atoms with E-state index in [1.54, 1.807) is 6.92 Å². The van der Waals surface area contributed by atoms with E-state index in [1.165, 1.54) is 12.8 Å². The molecule has 1 N–H and O–H groups in total. The van der Waals surface area contributed by atoms with Crippen molar-refractivity contribution in [3.63, 3.8) is 0 Å². The molecule has 0 aliphatic heterocycles. The molecule has 2 rings (SSSR count). The van der Waals surface area contributed by atoms with Gasteiger partial charge in [-0.3, -0.25) is 4.79 Å². The van der Waals surface area contributed by atoms with Crippen molar-refractivity contribution in [3.8, 4) is 5.75 Å². The van der Waals surface area contributed by atoms with Crippen molar-refractivity contribution in [2.75, 3.05) is 6.61 Å². The zero-order valence-corrected chi connectivity index (χ0v) is 14.4. The number of carbonyl (C=O) groups excluding carboxylic acids is 1. The molecule has 5 heteroatoms. The Morgan fingerprint density at radius 2 is 1.83 bits per heavy atom. The van der Waals surface area contributed by atoms with E-state index in [9.17, 15) is 9.59 Å². The lowest BCUT2D eigenvalue weighted by Gasteiger charge is -2.22. The Labute approximate surface area is 137 Å². The minimum absolute atomic E-state index is 0.0125. The number of ether oxygens (including phenoxy) is 2. The van der Waals surface area contributed by atoms with Crippen molar-refractivity contribution >= 4 is 5.97 Å². The molecule has 1 fully saturated rings. The van der Waals surface area contributed by atoms with E-state index in [-0.39, 0.29) is 18.3 Å². The van der Waals surface area contributed by atoms with Gasteiger partial charge in [0, 0.05) is 11.3 Å². The highest BCUT2D eigenvalue weighted by molar-refractivity contribution is 5.92. The van der Waals surface area contributed by atoms with Crippen LogP contribution in [0.1, 0.15) is 74.0 Å². The summed E-state index contributed by atoms with van der Waals surface area (Å²) in [6, 6.07) is 0. The number of aromatic nitrogens is 1. The van der Waals surface area contributed by atoms with E-state index in [2.05, 4.69) is 4.98 Å². The second-order valence-electron chi connectivity index (χ2n) is 6.07. The number of H-pyrrole nitrogens is 1. The summed E-state index contributed by atoms with van der Waals surface area (Å²) >= 11 is 0. The van der Waals surface area contributed by atoms with Gasteiger partial charge in [0.25, 0.3) is 5.56 Å². The molecule has 1 aliphatic rings. The van der Waals surface area contributed by atoms with Gasteiger partial charge in [0.05, 0.1) is 12.7 Å². The monoisotopic (exact) mass is 321 g/mol. The third-order valence-electron chi connectivity index (χ3n) is 4.40. The van der Waals surface area contributed by atoms with Gasteiger partial charge in [-0.25, -0.2) is 4.79 Å². The van der Waals surface area contributed by atoms with Crippen LogP contribution in [0.25, 0.3) is 0 Å². The molecule has 1 aromatic rings. The molecular formula is C18H27NO4. The molecule has 128 valence electrons. The minimum atomic E-state index is -0.605. The third-order valence-corrected chi connectivity index (χ3v) is 4.40. The molecule has 23 heavy (non-hydrogen) atoms. The number of aryl methyl sites for hydroxylation is 1. The van der Waals surface area contributed by atoms with Crippen LogP contribution in [0.15, 0.2) is 4.79 Å². The second-order valence-corrected chi connectivity index (χ2v) is 6.07. The van der Waals surface area contributed by atoms with Crippen molar-refractivity contribution in [1.29, 1.82) is 0 Å². The zero-order valence-electron chi connectivity index (χ0n) is 14.4. The molecule has 1 saturated carbocycles. The lowest BCUT2D eigenvalue weighted by molar-refractivity contribution is 0.0515. The number of esters is 1. The number of rotatable bonds is 5. The largest absolute Gasteiger partial charge is 0.489 e. The summed E-state index contributed by atoms with van der Waals surface area (Å²) < 4.78 is 11.3. The van der Waals surface area contributed by atoms with E-state index < -0.39 is 11.5 Å². The summed E-state index contributed by atoms with van der Waals surface area (Å²) in [7, 11) is 0. The summed E-state index contributed by atoms with van der Waals surface area (Å²) in [6.45, 7) is 5.80. The first-order chi connectivity index (χ1) is 11.1. The zero-order chi connectivity index (χ0) is 16.8. The fraction of sp³-hybridized carbons (Fsp3) is 0.667. The summed E-state index contributed by atoms with van der Waals surface area (Å²) in [5.41, 5.74) is 1.23. The number of hydrogen-bond donors (Lipinski definition) is 1. The topological polar surface area (TPSA) is 68.4 Å². The average molecular weight is 321 g/mol. The van der Waals surface area contributed by atoms with Crippen LogP contribution in [0.5, 0.6) is 5.75 Å². The van der Waals surface area contributed by atoms with Crippen molar-refractivity contribution < 1.29 is 14.3 Å². The molecule has 0 radical (unpaired) electrons. The molecule has 0 bridgehead atoms. The molecule has 0 aromatic carbocycles. The van der Waals surface area contributed by atoms with Gasteiger partial charge in [0.15, 0.2) is 5.56 Å². The Balaban J connectivity index is 2.44. The van der Waals surface area contributed by atoms with Gasteiger partial charge < -0.3 is 14.5 Å².